The normalized spacial score (nSPS) is 12.3. The van der Waals surface area contributed by atoms with Crippen LogP contribution in [0.15, 0.2) is 12.1 Å². The van der Waals surface area contributed by atoms with E-state index in [2.05, 4.69) is 0 Å². The van der Waals surface area contributed by atoms with E-state index in [9.17, 15) is 13.6 Å². The van der Waals surface area contributed by atoms with Crippen molar-refractivity contribution in [2.24, 2.45) is 0 Å². The summed E-state index contributed by atoms with van der Waals surface area (Å²) in [6.45, 7) is 2.81. The van der Waals surface area contributed by atoms with Crippen molar-refractivity contribution in [2.75, 3.05) is 0 Å². The number of aliphatic carboxylic acids is 1. The lowest BCUT2D eigenvalue weighted by Crippen LogP contribution is -2.23. The molecule has 0 heterocycles. The SMILES string of the molecule is Cc1cc(F)c(F)cc1OC(C)C(=O)O. The molecule has 0 aliphatic heterocycles. The summed E-state index contributed by atoms with van der Waals surface area (Å²) < 4.78 is 30.5. The van der Waals surface area contributed by atoms with Crippen LogP contribution in [0.25, 0.3) is 0 Å². The van der Waals surface area contributed by atoms with Gasteiger partial charge in [0.25, 0.3) is 0 Å². The molecule has 0 saturated heterocycles. The maximum atomic E-state index is 12.8. The zero-order valence-electron chi connectivity index (χ0n) is 8.25. The van der Waals surface area contributed by atoms with Gasteiger partial charge in [0.05, 0.1) is 0 Å². The van der Waals surface area contributed by atoms with Gasteiger partial charge in [-0.1, -0.05) is 0 Å². The molecule has 0 spiro atoms. The quantitative estimate of drug-likeness (QED) is 0.841. The molecule has 0 aliphatic rings. The van der Waals surface area contributed by atoms with E-state index in [1.807, 2.05) is 0 Å². The molecule has 1 aromatic carbocycles. The van der Waals surface area contributed by atoms with Crippen LogP contribution in [0.4, 0.5) is 8.78 Å². The first kappa shape index (κ1) is 11.4. The third-order valence-electron chi connectivity index (χ3n) is 1.87. The molecule has 0 amide bonds. The van der Waals surface area contributed by atoms with Crippen LogP contribution in [0.5, 0.6) is 5.75 Å². The van der Waals surface area contributed by atoms with E-state index in [0.29, 0.717) is 5.56 Å². The monoisotopic (exact) mass is 216 g/mol. The van der Waals surface area contributed by atoms with Crippen molar-refractivity contribution in [2.45, 2.75) is 20.0 Å². The van der Waals surface area contributed by atoms with Gasteiger partial charge >= 0.3 is 5.97 Å². The number of hydrogen-bond acceptors (Lipinski definition) is 2. The zero-order chi connectivity index (χ0) is 11.6. The summed E-state index contributed by atoms with van der Waals surface area (Å²) in [5, 5.41) is 8.57. The highest BCUT2D eigenvalue weighted by Crippen LogP contribution is 2.22. The zero-order valence-corrected chi connectivity index (χ0v) is 8.25. The Morgan fingerprint density at radius 1 is 1.40 bits per heavy atom. The van der Waals surface area contributed by atoms with E-state index in [4.69, 9.17) is 9.84 Å². The van der Waals surface area contributed by atoms with Gasteiger partial charge in [0, 0.05) is 6.07 Å². The van der Waals surface area contributed by atoms with Gasteiger partial charge in [-0.25, -0.2) is 13.6 Å². The molecule has 3 nitrogen and oxygen atoms in total. The van der Waals surface area contributed by atoms with Crippen LogP contribution in [0, 0.1) is 18.6 Å². The first-order valence-corrected chi connectivity index (χ1v) is 4.27. The van der Waals surface area contributed by atoms with Gasteiger partial charge in [0.1, 0.15) is 5.75 Å². The molecule has 1 unspecified atom stereocenters. The second kappa shape index (κ2) is 4.25. The average molecular weight is 216 g/mol. The summed E-state index contributed by atoms with van der Waals surface area (Å²) in [4.78, 5) is 10.5. The second-order valence-corrected chi connectivity index (χ2v) is 3.13. The lowest BCUT2D eigenvalue weighted by atomic mass is 10.2. The minimum absolute atomic E-state index is 0.0313. The maximum Gasteiger partial charge on any atom is 0.344 e. The molecule has 0 saturated carbocycles. The van der Waals surface area contributed by atoms with Gasteiger partial charge in [-0.05, 0) is 25.5 Å². The highest BCUT2D eigenvalue weighted by molar-refractivity contribution is 5.72. The number of hydrogen-bond donors (Lipinski definition) is 1. The number of aryl methyl sites for hydroxylation is 1. The van der Waals surface area contributed by atoms with E-state index in [1.54, 1.807) is 0 Å². The fourth-order valence-electron chi connectivity index (χ4n) is 0.996. The van der Waals surface area contributed by atoms with Crippen molar-refractivity contribution in [1.29, 1.82) is 0 Å². The van der Waals surface area contributed by atoms with Crippen molar-refractivity contribution in [3.05, 3.63) is 29.3 Å². The summed E-state index contributed by atoms with van der Waals surface area (Å²) in [5.41, 5.74) is 0.349. The molecule has 1 rings (SSSR count). The Kier molecular flexibility index (Phi) is 3.24. The minimum Gasteiger partial charge on any atom is -0.479 e. The molecule has 1 atom stereocenters. The number of carbonyl (C=O) groups is 1. The number of carboxylic acid groups (broad SMARTS) is 1. The van der Waals surface area contributed by atoms with Gasteiger partial charge in [-0.3, -0.25) is 0 Å². The number of rotatable bonds is 3. The van der Waals surface area contributed by atoms with Crippen LogP contribution < -0.4 is 4.74 Å². The van der Waals surface area contributed by atoms with Crippen LogP contribution in [0.3, 0.4) is 0 Å². The molecule has 1 aromatic rings. The summed E-state index contributed by atoms with van der Waals surface area (Å²) >= 11 is 0. The fourth-order valence-corrected chi connectivity index (χ4v) is 0.996. The molecule has 0 radical (unpaired) electrons. The fraction of sp³-hybridized carbons (Fsp3) is 0.300. The molecule has 1 N–H and O–H groups in total. The lowest BCUT2D eigenvalue weighted by molar-refractivity contribution is -0.144. The Balaban J connectivity index is 2.95. The number of benzene rings is 1. The van der Waals surface area contributed by atoms with Crippen molar-refractivity contribution < 1.29 is 23.4 Å². The van der Waals surface area contributed by atoms with Gasteiger partial charge in [-0.15, -0.1) is 0 Å². The highest BCUT2D eigenvalue weighted by atomic mass is 19.2. The van der Waals surface area contributed by atoms with E-state index in [-0.39, 0.29) is 5.75 Å². The van der Waals surface area contributed by atoms with Gasteiger partial charge < -0.3 is 9.84 Å². The third-order valence-corrected chi connectivity index (χ3v) is 1.87. The Hall–Kier alpha value is -1.65. The third kappa shape index (κ3) is 2.65. The number of halogens is 2. The second-order valence-electron chi connectivity index (χ2n) is 3.13. The Morgan fingerprint density at radius 2 is 1.93 bits per heavy atom. The van der Waals surface area contributed by atoms with Crippen LogP contribution in [-0.4, -0.2) is 17.2 Å². The molecular formula is C10H10F2O3. The first-order valence-electron chi connectivity index (χ1n) is 4.27. The van der Waals surface area contributed by atoms with Crippen molar-refractivity contribution >= 4 is 5.97 Å². The Bertz CT molecular complexity index is 390. The van der Waals surface area contributed by atoms with Crippen LogP contribution in [0.1, 0.15) is 12.5 Å². The van der Waals surface area contributed by atoms with E-state index in [0.717, 1.165) is 12.1 Å². The predicted molar refractivity (Wildman–Crippen MR) is 48.8 cm³/mol. The summed E-state index contributed by atoms with van der Waals surface area (Å²) in [5.74, 6) is -3.18. The van der Waals surface area contributed by atoms with Crippen molar-refractivity contribution in [1.82, 2.24) is 0 Å². The minimum atomic E-state index is -1.17. The van der Waals surface area contributed by atoms with Gasteiger partial charge in [-0.2, -0.15) is 0 Å². The standard InChI is InChI=1S/C10H10F2O3/c1-5-3-7(11)8(12)4-9(5)15-6(2)10(13)14/h3-4,6H,1-2H3,(H,13,14). The molecular weight excluding hydrogens is 206 g/mol. The molecule has 15 heavy (non-hydrogen) atoms. The Morgan fingerprint density at radius 3 is 2.47 bits per heavy atom. The smallest absolute Gasteiger partial charge is 0.344 e. The molecule has 0 fully saturated rings. The van der Waals surface area contributed by atoms with Crippen LogP contribution in [-0.2, 0) is 4.79 Å². The average Bonchev–Trinajstić information content (AvgIpc) is 2.13. The summed E-state index contributed by atoms with van der Waals surface area (Å²) in [6.07, 6.45) is -1.10. The first-order chi connectivity index (χ1) is 6.91. The van der Waals surface area contributed by atoms with Gasteiger partial charge in [0.15, 0.2) is 17.7 Å². The van der Waals surface area contributed by atoms with E-state index in [1.165, 1.54) is 13.8 Å². The number of ether oxygens (including phenoxy) is 1. The highest BCUT2D eigenvalue weighted by Gasteiger charge is 2.15. The Labute approximate surface area is 85.3 Å². The predicted octanol–water partition coefficient (Wildman–Crippen LogP) is 2.13. The molecule has 82 valence electrons. The van der Waals surface area contributed by atoms with Crippen molar-refractivity contribution in [3.63, 3.8) is 0 Å². The maximum absolute atomic E-state index is 12.8. The summed E-state index contributed by atoms with van der Waals surface area (Å²) in [7, 11) is 0. The topological polar surface area (TPSA) is 46.5 Å². The molecule has 0 aliphatic carbocycles. The van der Waals surface area contributed by atoms with E-state index >= 15 is 0 Å². The largest absolute Gasteiger partial charge is 0.479 e. The molecule has 0 aromatic heterocycles. The van der Waals surface area contributed by atoms with E-state index < -0.39 is 23.7 Å². The van der Waals surface area contributed by atoms with Crippen LogP contribution >= 0.6 is 0 Å². The summed E-state index contributed by atoms with van der Waals surface area (Å²) in [6, 6.07) is 1.79. The lowest BCUT2D eigenvalue weighted by Gasteiger charge is -2.12. The van der Waals surface area contributed by atoms with Crippen LogP contribution in [0.2, 0.25) is 0 Å². The number of carboxylic acids is 1. The van der Waals surface area contributed by atoms with Gasteiger partial charge in [0.2, 0.25) is 0 Å². The van der Waals surface area contributed by atoms with Crippen molar-refractivity contribution in [3.8, 4) is 5.75 Å². The molecule has 0 bridgehead atoms. The molecule has 5 heteroatoms.